The predicted molar refractivity (Wildman–Crippen MR) is 70.5 cm³/mol. The Bertz CT molecular complexity index is 479. The molecule has 2 rings (SSSR count). The largest absolute Gasteiger partial charge is 0.497 e. The SMILES string of the molecule is COc1ccc([C@H](N)c2ccc(Cl)cc2)cc1. The molecule has 17 heavy (non-hydrogen) atoms. The van der Waals surface area contributed by atoms with E-state index in [9.17, 15) is 0 Å². The van der Waals surface area contributed by atoms with Crippen molar-refractivity contribution in [3.63, 3.8) is 0 Å². The van der Waals surface area contributed by atoms with Gasteiger partial charge in [-0.25, -0.2) is 0 Å². The second kappa shape index (κ2) is 5.21. The summed E-state index contributed by atoms with van der Waals surface area (Å²) in [5.74, 6) is 0.831. The molecule has 0 heterocycles. The molecule has 2 aromatic carbocycles. The minimum absolute atomic E-state index is 0.141. The molecule has 0 bridgehead atoms. The second-order valence-electron chi connectivity index (χ2n) is 3.80. The van der Waals surface area contributed by atoms with Gasteiger partial charge in [-0.15, -0.1) is 0 Å². The van der Waals surface area contributed by atoms with E-state index >= 15 is 0 Å². The molecule has 2 nitrogen and oxygen atoms in total. The summed E-state index contributed by atoms with van der Waals surface area (Å²) in [6.45, 7) is 0. The highest BCUT2D eigenvalue weighted by molar-refractivity contribution is 6.30. The van der Waals surface area contributed by atoms with Gasteiger partial charge in [-0.05, 0) is 35.4 Å². The molecule has 88 valence electrons. The summed E-state index contributed by atoms with van der Waals surface area (Å²) in [6, 6.07) is 15.2. The smallest absolute Gasteiger partial charge is 0.118 e. The first-order chi connectivity index (χ1) is 8.20. The molecule has 2 N–H and O–H groups in total. The van der Waals surface area contributed by atoms with Crippen molar-refractivity contribution in [2.24, 2.45) is 5.73 Å². The number of halogens is 1. The minimum Gasteiger partial charge on any atom is -0.497 e. The van der Waals surface area contributed by atoms with E-state index in [2.05, 4.69) is 0 Å². The average Bonchev–Trinajstić information content (AvgIpc) is 2.39. The molecule has 3 heteroatoms. The van der Waals surface area contributed by atoms with Gasteiger partial charge >= 0.3 is 0 Å². The van der Waals surface area contributed by atoms with Gasteiger partial charge in [0.2, 0.25) is 0 Å². The first-order valence-electron chi connectivity index (χ1n) is 5.35. The number of nitrogens with two attached hydrogens (primary N) is 1. The Kier molecular flexibility index (Phi) is 3.67. The zero-order valence-corrected chi connectivity index (χ0v) is 10.3. The first kappa shape index (κ1) is 12.0. The van der Waals surface area contributed by atoms with Gasteiger partial charge in [0, 0.05) is 5.02 Å². The van der Waals surface area contributed by atoms with Crippen molar-refractivity contribution in [2.75, 3.05) is 7.11 Å². The summed E-state index contributed by atoms with van der Waals surface area (Å²) < 4.78 is 5.11. The lowest BCUT2D eigenvalue weighted by atomic mass is 10.00. The lowest BCUT2D eigenvalue weighted by Gasteiger charge is -2.13. The van der Waals surface area contributed by atoms with Gasteiger partial charge in [-0.3, -0.25) is 0 Å². The van der Waals surface area contributed by atoms with Crippen LogP contribution in [0.3, 0.4) is 0 Å². The van der Waals surface area contributed by atoms with Crippen LogP contribution in [0.15, 0.2) is 48.5 Å². The Balaban J connectivity index is 2.23. The van der Waals surface area contributed by atoms with Crippen molar-refractivity contribution in [1.82, 2.24) is 0 Å². The molecule has 0 aromatic heterocycles. The van der Waals surface area contributed by atoms with E-state index in [1.54, 1.807) is 7.11 Å². The number of hydrogen-bond acceptors (Lipinski definition) is 2. The summed E-state index contributed by atoms with van der Waals surface area (Å²) in [6.07, 6.45) is 0. The van der Waals surface area contributed by atoms with Gasteiger partial charge < -0.3 is 10.5 Å². The van der Waals surface area contributed by atoms with Crippen molar-refractivity contribution in [3.05, 3.63) is 64.7 Å². The minimum atomic E-state index is -0.141. The number of rotatable bonds is 3. The second-order valence-corrected chi connectivity index (χ2v) is 4.24. The number of ether oxygens (including phenoxy) is 1. The van der Waals surface area contributed by atoms with Crippen LogP contribution in [-0.2, 0) is 0 Å². The molecule has 0 aliphatic carbocycles. The maximum Gasteiger partial charge on any atom is 0.118 e. The number of hydrogen-bond donors (Lipinski definition) is 1. The van der Waals surface area contributed by atoms with E-state index in [-0.39, 0.29) is 6.04 Å². The van der Waals surface area contributed by atoms with Gasteiger partial charge in [0.25, 0.3) is 0 Å². The molecule has 0 aliphatic heterocycles. The molecule has 0 saturated carbocycles. The van der Waals surface area contributed by atoms with Gasteiger partial charge in [0.1, 0.15) is 5.75 Å². The Morgan fingerprint density at radius 2 is 1.41 bits per heavy atom. The molecular weight excluding hydrogens is 234 g/mol. The topological polar surface area (TPSA) is 35.2 Å². The van der Waals surface area contributed by atoms with Crippen LogP contribution >= 0.6 is 11.6 Å². The molecule has 0 spiro atoms. The van der Waals surface area contributed by atoms with Crippen molar-refractivity contribution >= 4 is 11.6 Å². The maximum atomic E-state index is 6.17. The van der Waals surface area contributed by atoms with Crippen LogP contribution in [0, 0.1) is 0 Å². The van der Waals surface area contributed by atoms with Gasteiger partial charge in [0.05, 0.1) is 13.2 Å². The quantitative estimate of drug-likeness (QED) is 0.902. The molecule has 0 fully saturated rings. The molecule has 2 aromatic rings. The Morgan fingerprint density at radius 1 is 0.941 bits per heavy atom. The van der Waals surface area contributed by atoms with Crippen molar-refractivity contribution in [2.45, 2.75) is 6.04 Å². The average molecular weight is 248 g/mol. The van der Waals surface area contributed by atoms with Crippen LogP contribution in [-0.4, -0.2) is 7.11 Å². The van der Waals surface area contributed by atoms with Crippen molar-refractivity contribution in [3.8, 4) is 5.75 Å². The third kappa shape index (κ3) is 2.78. The fourth-order valence-electron chi connectivity index (χ4n) is 1.67. The Morgan fingerprint density at radius 3 is 1.88 bits per heavy atom. The van der Waals surface area contributed by atoms with Crippen LogP contribution in [0.1, 0.15) is 17.2 Å². The predicted octanol–water partition coefficient (Wildman–Crippen LogP) is 3.40. The van der Waals surface area contributed by atoms with Crippen molar-refractivity contribution < 1.29 is 4.74 Å². The van der Waals surface area contributed by atoms with E-state index in [0.29, 0.717) is 0 Å². The molecular formula is C14H14ClNO. The molecule has 0 amide bonds. The number of methoxy groups -OCH3 is 1. The van der Waals surface area contributed by atoms with Crippen LogP contribution in [0.4, 0.5) is 0 Å². The maximum absolute atomic E-state index is 6.17. The summed E-state index contributed by atoms with van der Waals surface area (Å²) in [7, 11) is 1.65. The highest BCUT2D eigenvalue weighted by atomic mass is 35.5. The molecule has 1 atom stereocenters. The lowest BCUT2D eigenvalue weighted by molar-refractivity contribution is 0.414. The first-order valence-corrected chi connectivity index (χ1v) is 5.73. The van der Waals surface area contributed by atoms with E-state index in [4.69, 9.17) is 22.1 Å². The zero-order valence-electron chi connectivity index (χ0n) is 9.56. The fourth-order valence-corrected chi connectivity index (χ4v) is 1.80. The summed E-state index contributed by atoms with van der Waals surface area (Å²) in [4.78, 5) is 0. The third-order valence-electron chi connectivity index (χ3n) is 2.70. The monoisotopic (exact) mass is 247 g/mol. The van der Waals surface area contributed by atoms with E-state index < -0.39 is 0 Å². The lowest BCUT2D eigenvalue weighted by Crippen LogP contribution is -2.11. The number of benzene rings is 2. The standard InChI is InChI=1S/C14H14ClNO/c1-17-13-8-4-11(5-9-13)14(16)10-2-6-12(15)7-3-10/h2-9,14H,16H2,1H3/t14-/m1/s1. The van der Waals surface area contributed by atoms with Gasteiger partial charge in [0.15, 0.2) is 0 Å². The zero-order chi connectivity index (χ0) is 12.3. The normalized spacial score (nSPS) is 12.2. The van der Waals surface area contributed by atoms with E-state index in [0.717, 1.165) is 21.9 Å². The molecule has 0 aliphatic rings. The van der Waals surface area contributed by atoms with E-state index in [1.165, 1.54) is 0 Å². The fraction of sp³-hybridized carbons (Fsp3) is 0.143. The Labute approximate surface area is 106 Å². The summed E-state index contributed by atoms with van der Waals surface area (Å²) in [5, 5.41) is 0.718. The highest BCUT2D eigenvalue weighted by Crippen LogP contribution is 2.23. The molecule has 0 unspecified atom stereocenters. The third-order valence-corrected chi connectivity index (χ3v) is 2.96. The summed E-state index contributed by atoms with van der Waals surface area (Å²) in [5.41, 5.74) is 8.26. The summed E-state index contributed by atoms with van der Waals surface area (Å²) >= 11 is 5.84. The molecule has 0 saturated heterocycles. The van der Waals surface area contributed by atoms with Crippen LogP contribution in [0.2, 0.25) is 5.02 Å². The van der Waals surface area contributed by atoms with Crippen LogP contribution in [0.25, 0.3) is 0 Å². The Hall–Kier alpha value is -1.51. The highest BCUT2D eigenvalue weighted by Gasteiger charge is 2.08. The molecule has 0 radical (unpaired) electrons. The van der Waals surface area contributed by atoms with Crippen LogP contribution in [0.5, 0.6) is 5.75 Å². The van der Waals surface area contributed by atoms with Gasteiger partial charge in [-0.2, -0.15) is 0 Å². The van der Waals surface area contributed by atoms with E-state index in [1.807, 2.05) is 48.5 Å². The van der Waals surface area contributed by atoms with Gasteiger partial charge in [-0.1, -0.05) is 35.9 Å². The van der Waals surface area contributed by atoms with Crippen LogP contribution < -0.4 is 10.5 Å². The van der Waals surface area contributed by atoms with Crippen molar-refractivity contribution in [1.29, 1.82) is 0 Å².